The van der Waals surface area contributed by atoms with E-state index in [-0.39, 0.29) is 12.2 Å². The highest BCUT2D eigenvalue weighted by molar-refractivity contribution is 5.98. The van der Waals surface area contributed by atoms with Gasteiger partial charge in [0.2, 0.25) is 5.91 Å². The molecule has 0 bridgehead atoms. The molecular formula is C18H17FN2O4. The monoisotopic (exact) mass is 344 g/mol. The first kappa shape index (κ1) is 18.1. The molecule has 0 saturated carbocycles. The Bertz CT molecular complexity index is 765. The Hall–Kier alpha value is -3.22. The molecule has 2 aromatic carbocycles. The summed E-state index contributed by atoms with van der Waals surface area (Å²) in [6.45, 7) is 0.0341. The van der Waals surface area contributed by atoms with Gasteiger partial charge in [-0.1, -0.05) is 42.5 Å². The van der Waals surface area contributed by atoms with Gasteiger partial charge in [0.25, 0.3) is 5.91 Å². The Kier molecular flexibility index (Phi) is 6.22. The predicted molar refractivity (Wildman–Crippen MR) is 87.7 cm³/mol. The fourth-order valence-electron chi connectivity index (χ4n) is 2.07. The lowest BCUT2D eigenvalue weighted by molar-refractivity contribution is -0.146. The highest BCUT2D eigenvalue weighted by Crippen LogP contribution is 2.08. The van der Waals surface area contributed by atoms with Gasteiger partial charge in [-0.05, 0) is 17.7 Å². The van der Waals surface area contributed by atoms with E-state index >= 15 is 0 Å². The molecule has 0 aromatic heterocycles. The van der Waals surface area contributed by atoms with Crippen LogP contribution in [0.4, 0.5) is 4.39 Å². The second-order valence-electron chi connectivity index (χ2n) is 5.26. The third-order valence-corrected chi connectivity index (χ3v) is 3.38. The summed E-state index contributed by atoms with van der Waals surface area (Å²) in [7, 11) is 0. The summed E-state index contributed by atoms with van der Waals surface area (Å²) in [5.74, 6) is -3.20. The van der Waals surface area contributed by atoms with Crippen LogP contribution < -0.4 is 11.1 Å². The van der Waals surface area contributed by atoms with E-state index in [1.165, 1.54) is 18.2 Å². The van der Waals surface area contributed by atoms with Crippen molar-refractivity contribution < 1.29 is 23.5 Å². The van der Waals surface area contributed by atoms with Crippen LogP contribution in [0.25, 0.3) is 0 Å². The van der Waals surface area contributed by atoms with Crippen molar-refractivity contribution in [3.05, 3.63) is 71.5 Å². The molecule has 2 rings (SSSR count). The van der Waals surface area contributed by atoms with E-state index in [4.69, 9.17) is 10.5 Å². The van der Waals surface area contributed by atoms with Crippen molar-refractivity contribution in [2.75, 3.05) is 0 Å². The first-order valence-electron chi connectivity index (χ1n) is 7.51. The number of esters is 1. The van der Waals surface area contributed by atoms with Crippen LogP contribution in [0.2, 0.25) is 0 Å². The number of amides is 2. The first-order valence-corrected chi connectivity index (χ1v) is 7.51. The molecule has 0 aliphatic carbocycles. The summed E-state index contributed by atoms with van der Waals surface area (Å²) < 4.78 is 18.6. The van der Waals surface area contributed by atoms with Crippen LogP contribution >= 0.6 is 0 Å². The standard InChI is InChI=1S/C18H17FN2O4/c19-14-9-5-4-8-13(14)18(24)21-15(17(20)23)10-16(22)25-11-12-6-2-1-3-7-12/h1-9,15H,10-11H2,(H2,20,23)(H,21,24)/t15-/m1/s1. The Morgan fingerprint density at radius 2 is 1.68 bits per heavy atom. The minimum Gasteiger partial charge on any atom is -0.461 e. The zero-order valence-corrected chi connectivity index (χ0v) is 13.3. The van der Waals surface area contributed by atoms with E-state index in [1.807, 2.05) is 6.07 Å². The molecule has 130 valence electrons. The van der Waals surface area contributed by atoms with Gasteiger partial charge in [-0.2, -0.15) is 0 Å². The Balaban J connectivity index is 1.94. The maximum absolute atomic E-state index is 13.6. The summed E-state index contributed by atoms with van der Waals surface area (Å²) >= 11 is 0. The van der Waals surface area contributed by atoms with Crippen LogP contribution in [0.5, 0.6) is 0 Å². The number of halogens is 1. The lowest BCUT2D eigenvalue weighted by atomic mass is 10.1. The van der Waals surface area contributed by atoms with Crippen LogP contribution in [0.15, 0.2) is 54.6 Å². The number of primary amides is 1. The molecule has 6 nitrogen and oxygen atoms in total. The number of nitrogens with two attached hydrogens (primary N) is 1. The summed E-state index contributed by atoms with van der Waals surface area (Å²) in [4.78, 5) is 35.4. The summed E-state index contributed by atoms with van der Waals surface area (Å²) in [5.41, 5.74) is 5.74. The maximum atomic E-state index is 13.6. The molecule has 1 atom stereocenters. The highest BCUT2D eigenvalue weighted by Gasteiger charge is 2.24. The van der Waals surface area contributed by atoms with Crippen molar-refractivity contribution in [1.29, 1.82) is 0 Å². The summed E-state index contributed by atoms with van der Waals surface area (Å²) in [5, 5.41) is 2.25. The summed E-state index contributed by atoms with van der Waals surface area (Å²) in [6.07, 6.45) is -0.442. The Morgan fingerprint density at radius 1 is 1.04 bits per heavy atom. The normalized spacial score (nSPS) is 11.4. The molecule has 0 unspecified atom stereocenters. The summed E-state index contributed by atoms with van der Waals surface area (Å²) in [6, 6.07) is 13.0. The van der Waals surface area contributed by atoms with Gasteiger partial charge < -0.3 is 15.8 Å². The smallest absolute Gasteiger partial charge is 0.308 e. The van der Waals surface area contributed by atoms with Crippen molar-refractivity contribution in [2.45, 2.75) is 19.1 Å². The van der Waals surface area contributed by atoms with Crippen molar-refractivity contribution in [1.82, 2.24) is 5.32 Å². The van der Waals surface area contributed by atoms with Gasteiger partial charge in [0.1, 0.15) is 18.5 Å². The Morgan fingerprint density at radius 3 is 2.32 bits per heavy atom. The number of benzene rings is 2. The average molecular weight is 344 g/mol. The first-order chi connectivity index (χ1) is 12.0. The topological polar surface area (TPSA) is 98.5 Å². The van der Waals surface area contributed by atoms with Gasteiger partial charge in [0.15, 0.2) is 0 Å². The number of carbonyl (C=O) groups excluding carboxylic acids is 3. The van der Waals surface area contributed by atoms with Crippen LogP contribution in [-0.4, -0.2) is 23.8 Å². The molecular weight excluding hydrogens is 327 g/mol. The van der Waals surface area contributed by atoms with Crippen molar-refractivity contribution >= 4 is 17.8 Å². The second-order valence-corrected chi connectivity index (χ2v) is 5.26. The maximum Gasteiger partial charge on any atom is 0.308 e. The minimum atomic E-state index is -1.30. The third kappa shape index (κ3) is 5.42. The van der Waals surface area contributed by atoms with E-state index in [9.17, 15) is 18.8 Å². The van der Waals surface area contributed by atoms with E-state index < -0.39 is 36.1 Å². The molecule has 2 amide bonds. The van der Waals surface area contributed by atoms with Crippen LogP contribution in [0.3, 0.4) is 0 Å². The lowest BCUT2D eigenvalue weighted by Crippen LogP contribution is -2.46. The minimum absolute atomic E-state index is 0.0341. The molecule has 0 aliphatic heterocycles. The molecule has 3 N–H and O–H groups in total. The molecule has 0 spiro atoms. The van der Waals surface area contributed by atoms with Gasteiger partial charge in [-0.3, -0.25) is 14.4 Å². The number of hydrogen-bond acceptors (Lipinski definition) is 4. The molecule has 0 fully saturated rings. The van der Waals surface area contributed by atoms with Crippen LogP contribution in [0.1, 0.15) is 22.3 Å². The molecule has 2 aromatic rings. The van der Waals surface area contributed by atoms with E-state index in [2.05, 4.69) is 5.32 Å². The van der Waals surface area contributed by atoms with Crippen molar-refractivity contribution in [3.63, 3.8) is 0 Å². The quantitative estimate of drug-likeness (QED) is 0.744. The third-order valence-electron chi connectivity index (χ3n) is 3.38. The van der Waals surface area contributed by atoms with Crippen LogP contribution in [0, 0.1) is 5.82 Å². The molecule has 7 heteroatoms. The predicted octanol–water partition coefficient (Wildman–Crippen LogP) is 1.54. The molecule has 0 radical (unpaired) electrons. The molecule has 0 heterocycles. The van der Waals surface area contributed by atoms with Crippen LogP contribution in [-0.2, 0) is 20.9 Å². The Labute approximate surface area is 143 Å². The van der Waals surface area contributed by atoms with Crippen molar-refractivity contribution in [2.24, 2.45) is 5.73 Å². The average Bonchev–Trinajstić information content (AvgIpc) is 2.60. The largest absolute Gasteiger partial charge is 0.461 e. The van der Waals surface area contributed by atoms with E-state index in [1.54, 1.807) is 24.3 Å². The highest BCUT2D eigenvalue weighted by atomic mass is 19.1. The fourth-order valence-corrected chi connectivity index (χ4v) is 2.07. The second kappa shape index (κ2) is 8.58. The SMILES string of the molecule is NC(=O)[C@@H](CC(=O)OCc1ccccc1)NC(=O)c1ccccc1F. The van der Waals surface area contributed by atoms with Gasteiger partial charge in [0.05, 0.1) is 12.0 Å². The molecule has 0 saturated heterocycles. The number of rotatable bonds is 7. The fraction of sp³-hybridized carbons (Fsp3) is 0.167. The zero-order chi connectivity index (χ0) is 18.2. The van der Waals surface area contributed by atoms with E-state index in [0.29, 0.717) is 0 Å². The van der Waals surface area contributed by atoms with Gasteiger partial charge in [0, 0.05) is 0 Å². The van der Waals surface area contributed by atoms with E-state index in [0.717, 1.165) is 11.6 Å². The van der Waals surface area contributed by atoms with Gasteiger partial charge in [-0.15, -0.1) is 0 Å². The zero-order valence-electron chi connectivity index (χ0n) is 13.3. The number of nitrogens with one attached hydrogen (secondary N) is 1. The molecule has 0 aliphatic rings. The number of ether oxygens (including phenoxy) is 1. The molecule has 25 heavy (non-hydrogen) atoms. The lowest BCUT2D eigenvalue weighted by Gasteiger charge is -2.15. The number of carbonyl (C=O) groups is 3. The van der Waals surface area contributed by atoms with Gasteiger partial charge in [-0.25, -0.2) is 4.39 Å². The number of hydrogen-bond donors (Lipinski definition) is 2. The van der Waals surface area contributed by atoms with Gasteiger partial charge >= 0.3 is 5.97 Å². The van der Waals surface area contributed by atoms with Crippen molar-refractivity contribution in [3.8, 4) is 0 Å².